The molecule has 0 bridgehead atoms. The molecule has 1 aromatic carbocycles. The van der Waals surface area contributed by atoms with E-state index in [2.05, 4.69) is 55.3 Å². The molecule has 94 valence electrons. The third kappa shape index (κ3) is 2.59. The lowest BCUT2D eigenvalue weighted by Crippen LogP contribution is -2.23. The van der Waals surface area contributed by atoms with Crippen LogP contribution in [0.4, 0.5) is 0 Å². The van der Waals surface area contributed by atoms with Gasteiger partial charge in [-0.3, -0.25) is 4.98 Å². The highest BCUT2D eigenvalue weighted by molar-refractivity contribution is 5.41. The molecule has 1 unspecified atom stereocenters. The van der Waals surface area contributed by atoms with E-state index in [0.717, 1.165) is 6.54 Å². The van der Waals surface area contributed by atoms with Gasteiger partial charge in [-0.25, -0.2) is 0 Å². The van der Waals surface area contributed by atoms with Gasteiger partial charge in [-0.05, 0) is 48.7 Å². The normalized spacial score (nSPS) is 12.4. The van der Waals surface area contributed by atoms with Crippen LogP contribution in [0.2, 0.25) is 0 Å². The maximum absolute atomic E-state index is 4.23. The minimum Gasteiger partial charge on any atom is -0.306 e. The third-order valence-electron chi connectivity index (χ3n) is 3.26. The Hall–Kier alpha value is -1.67. The molecule has 0 spiro atoms. The Kier molecular flexibility index (Phi) is 4.11. The van der Waals surface area contributed by atoms with Crippen LogP contribution in [-0.2, 0) is 0 Å². The summed E-state index contributed by atoms with van der Waals surface area (Å²) in [5, 5.41) is 3.56. The Morgan fingerprint density at radius 1 is 1.11 bits per heavy atom. The lowest BCUT2D eigenvalue weighted by Gasteiger charge is -2.22. The first-order valence-corrected chi connectivity index (χ1v) is 6.43. The maximum atomic E-state index is 4.23. The van der Waals surface area contributed by atoms with Gasteiger partial charge in [0.25, 0.3) is 0 Å². The molecule has 0 amide bonds. The maximum Gasteiger partial charge on any atom is 0.0597 e. The summed E-state index contributed by atoms with van der Waals surface area (Å²) in [4.78, 5) is 4.23. The van der Waals surface area contributed by atoms with Crippen molar-refractivity contribution in [3.8, 4) is 0 Å². The van der Waals surface area contributed by atoms with Gasteiger partial charge in [-0.1, -0.05) is 31.2 Å². The average molecular weight is 240 g/mol. The fraction of sp³-hybridized carbons (Fsp3) is 0.312. The summed E-state index contributed by atoms with van der Waals surface area (Å²) in [6, 6.07) is 10.8. The van der Waals surface area contributed by atoms with Crippen LogP contribution in [0.15, 0.2) is 42.7 Å². The van der Waals surface area contributed by atoms with Crippen molar-refractivity contribution >= 4 is 0 Å². The van der Waals surface area contributed by atoms with Crippen molar-refractivity contribution < 1.29 is 0 Å². The van der Waals surface area contributed by atoms with Gasteiger partial charge in [0.05, 0.1) is 6.04 Å². The smallest absolute Gasteiger partial charge is 0.0597 e. The summed E-state index contributed by atoms with van der Waals surface area (Å²) in [6.45, 7) is 7.41. The minimum atomic E-state index is 0.227. The van der Waals surface area contributed by atoms with Gasteiger partial charge >= 0.3 is 0 Å². The average Bonchev–Trinajstić information content (AvgIpc) is 2.38. The molecule has 18 heavy (non-hydrogen) atoms. The number of benzene rings is 1. The van der Waals surface area contributed by atoms with E-state index in [9.17, 15) is 0 Å². The zero-order valence-corrected chi connectivity index (χ0v) is 11.3. The van der Waals surface area contributed by atoms with E-state index >= 15 is 0 Å². The summed E-state index contributed by atoms with van der Waals surface area (Å²) in [7, 11) is 0. The van der Waals surface area contributed by atoms with E-state index in [4.69, 9.17) is 0 Å². The molecule has 2 nitrogen and oxygen atoms in total. The standard InChI is InChI=1S/C16H20N2/c1-4-18-16(14-9-6-10-17-11-14)15-12(2)7-5-8-13(15)3/h5-11,16,18H,4H2,1-3H3. The molecular formula is C16H20N2. The van der Waals surface area contributed by atoms with E-state index in [-0.39, 0.29) is 6.04 Å². The van der Waals surface area contributed by atoms with Gasteiger partial charge in [0.2, 0.25) is 0 Å². The lowest BCUT2D eigenvalue weighted by atomic mass is 9.92. The van der Waals surface area contributed by atoms with Crippen LogP contribution >= 0.6 is 0 Å². The molecule has 2 rings (SSSR count). The van der Waals surface area contributed by atoms with Crippen molar-refractivity contribution in [3.05, 3.63) is 65.0 Å². The second-order valence-electron chi connectivity index (χ2n) is 4.58. The van der Waals surface area contributed by atoms with Crippen LogP contribution in [0.3, 0.4) is 0 Å². The number of nitrogens with one attached hydrogen (secondary N) is 1. The van der Waals surface area contributed by atoms with Gasteiger partial charge in [-0.2, -0.15) is 0 Å². The van der Waals surface area contributed by atoms with Crippen molar-refractivity contribution in [2.24, 2.45) is 0 Å². The zero-order chi connectivity index (χ0) is 13.0. The van der Waals surface area contributed by atoms with Crippen molar-refractivity contribution in [2.45, 2.75) is 26.8 Å². The van der Waals surface area contributed by atoms with E-state index in [1.54, 1.807) is 0 Å². The number of pyridine rings is 1. The molecule has 0 aliphatic rings. The molecular weight excluding hydrogens is 220 g/mol. The van der Waals surface area contributed by atoms with E-state index in [1.165, 1.54) is 22.3 Å². The molecule has 0 aliphatic carbocycles. The summed E-state index contributed by atoms with van der Waals surface area (Å²) in [6.07, 6.45) is 3.76. The van der Waals surface area contributed by atoms with E-state index in [1.807, 2.05) is 18.5 Å². The van der Waals surface area contributed by atoms with Crippen molar-refractivity contribution in [1.82, 2.24) is 10.3 Å². The Bertz CT molecular complexity index is 486. The number of aromatic nitrogens is 1. The Labute approximate surface area is 109 Å². The molecule has 0 saturated heterocycles. The fourth-order valence-corrected chi connectivity index (χ4v) is 2.42. The number of hydrogen-bond donors (Lipinski definition) is 1. The second kappa shape index (κ2) is 5.78. The van der Waals surface area contributed by atoms with Gasteiger partial charge in [0.1, 0.15) is 0 Å². The van der Waals surface area contributed by atoms with E-state index < -0.39 is 0 Å². The Morgan fingerprint density at radius 2 is 1.83 bits per heavy atom. The lowest BCUT2D eigenvalue weighted by molar-refractivity contribution is 0.623. The molecule has 0 saturated carbocycles. The predicted molar refractivity (Wildman–Crippen MR) is 75.7 cm³/mol. The topological polar surface area (TPSA) is 24.9 Å². The summed E-state index contributed by atoms with van der Waals surface area (Å²) in [5.74, 6) is 0. The van der Waals surface area contributed by atoms with Crippen molar-refractivity contribution in [2.75, 3.05) is 6.54 Å². The number of hydrogen-bond acceptors (Lipinski definition) is 2. The van der Waals surface area contributed by atoms with Crippen molar-refractivity contribution in [1.29, 1.82) is 0 Å². The molecule has 1 aromatic heterocycles. The highest BCUT2D eigenvalue weighted by Gasteiger charge is 2.16. The second-order valence-corrected chi connectivity index (χ2v) is 4.58. The van der Waals surface area contributed by atoms with Gasteiger partial charge in [0, 0.05) is 12.4 Å². The molecule has 0 aliphatic heterocycles. The first-order valence-electron chi connectivity index (χ1n) is 6.43. The fourth-order valence-electron chi connectivity index (χ4n) is 2.42. The van der Waals surface area contributed by atoms with Gasteiger partial charge in [-0.15, -0.1) is 0 Å². The zero-order valence-electron chi connectivity index (χ0n) is 11.3. The number of aryl methyl sites for hydroxylation is 2. The largest absolute Gasteiger partial charge is 0.306 e. The summed E-state index contributed by atoms with van der Waals surface area (Å²) >= 11 is 0. The monoisotopic (exact) mass is 240 g/mol. The van der Waals surface area contributed by atoms with Crippen molar-refractivity contribution in [3.63, 3.8) is 0 Å². The summed E-state index contributed by atoms with van der Waals surface area (Å²) in [5.41, 5.74) is 5.23. The first-order chi connectivity index (χ1) is 8.74. The van der Waals surface area contributed by atoms with Gasteiger partial charge in [0.15, 0.2) is 0 Å². The molecule has 1 atom stereocenters. The quantitative estimate of drug-likeness (QED) is 0.886. The third-order valence-corrected chi connectivity index (χ3v) is 3.26. The van der Waals surface area contributed by atoms with Crippen LogP contribution in [-0.4, -0.2) is 11.5 Å². The molecule has 2 heteroatoms. The van der Waals surface area contributed by atoms with Crippen LogP contribution in [0.5, 0.6) is 0 Å². The highest BCUT2D eigenvalue weighted by Crippen LogP contribution is 2.27. The Morgan fingerprint density at radius 3 is 2.39 bits per heavy atom. The van der Waals surface area contributed by atoms with E-state index in [0.29, 0.717) is 0 Å². The number of rotatable bonds is 4. The van der Waals surface area contributed by atoms with Crippen LogP contribution < -0.4 is 5.32 Å². The molecule has 0 radical (unpaired) electrons. The van der Waals surface area contributed by atoms with Crippen LogP contribution in [0, 0.1) is 13.8 Å². The Balaban J connectivity index is 2.48. The summed E-state index contributed by atoms with van der Waals surface area (Å²) < 4.78 is 0. The molecule has 1 heterocycles. The highest BCUT2D eigenvalue weighted by atomic mass is 14.9. The first kappa shape index (κ1) is 12.8. The number of nitrogens with zero attached hydrogens (tertiary/aromatic N) is 1. The van der Waals surface area contributed by atoms with Crippen LogP contribution in [0.25, 0.3) is 0 Å². The molecule has 1 N–H and O–H groups in total. The molecule has 2 aromatic rings. The van der Waals surface area contributed by atoms with Crippen LogP contribution in [0.1, 0.15) is 35.2 Å². The minimum absolute atomic E-state index is 0.227. The SMILES string of the molecule is CCNC(c1cccnc1)c1c(C)cccc1C. The predicted octanol–water partition coefficient (Wildman–Crippen LogP) is 3.40. The molecule has 0 fully saturated rings. The van der Waals surface area contributed by atoms with Gasteiger partial charge < -0.3 is 5.32 Å².